The van der Waals surface area contributed by atoms with Crippen molar-refractivity contribution in [3.63, 3.8) is 0 Å². The van der Waals surface area contributed by atoms with Gasteiger partial charge < -0.3 is 19.7 Å². The summed E-state index contributed by atoms with van der Waals surface area (Å²) in [4.78, 5) is 13.5. The van der Waals surface area contributed by atoms with Gasteiger partial charge in [-0.05, 0) is 20.8 Å². The largest absolute Gasteiger partial charge is 0.444 e. The van der Waals surface area contributed by atoms with Gasteiger partial charge in [-0.3, -0.25) is 0 Å². The van der Waals surface area contributed by atoms with E-state index in [1.807, 2.05) is 20.8 Å². The van der Waals surface area contributed by atoms with E-state index >= 15 is 0 Å². The molecule has 0 aromatic carbocycles. The highest BCUT2D eigenvalue weighted by molar-refractivity contribution is 5.68. The first-order valence-electron chi connectivity index (χ1n) is 5.78. The molecule has 0 saturated carbocycles. The van der Waals surface area contributed by atoms with Gasteiger partial charge in [-0.2, -0.15) is 0 Å². The maximum atomic E-state index is 11.8. The fourth-order valence-electron chi connectivity index (χ4n) is 2.07. The molecule has 1 N–H and O–H groups in total. The van der Waals surface area contributed by atoms with Gasteiger partial charge in [0.15, 0.2) is 0 Å². The molecule has 16 heavy (non-hydrogen) atoms. The quantitative estimate of drug-likeness (QED) is 0.659. The number of hydrogen-bond donors (Lipinski definition) is 1. The van der Waals surface area contributed by atoms with Gasteiger partial charge in [-0.15, -0.1) is 0 Å². The maximum absolute atomic E-state index is 11.8. The van der Waals surface area contributed by atoms with Crippen molar-refractivity contribution >= 4 is 6.09 Å². The molecule has 2 rings (SSSR count). The van der Waals surface area contributed by atoms with Crippen LogP contribution in [-0.4, -0.2) is 55.0 Å². The smallest absolute Gasteiger partial charge is 0.410 e. The van der Waals surface area contributed by atoms with Crippen LogP contribution in [0.2, 0.25) is 0 Å². The van der Waals surface area contributed by atoms with Crippen molar-refractivity contribution in [1.82, 2.24) is 10.2 Å². The first-order valence-corrected chi connectivity index (χ1v) is 5.78. The lowest BCUT2D eigenvalue weighted by Crippen LogP contribution is -2.47. The summed E-state index contributed by atoms with van der Waals surface area (Å²) in [7, 11) is 0. The molecule has 0 radical (unpaired) electrons. The van der Waals surface area contributed by atoms with Crippen LogP contribution in [0.4, 0.5) is 4.79 Å². The molecule has 0 aromatic heterocycles. The van der Waals surface area contributed by atoms with E-state index in [1.54, 1.807) is 4.90 Å². The molecule has 2 heterocycles. The molecule has 0 aromatic rings. The molecule has 1 amide bonds. The van der Waals surface area contributed by atoms with Crippen LogP contribution in [0.3, 0.4) is 0 Å². The molecule has 5 heteroatoms. The second-order valence-electron chi connectivity index (χ2n) is 5.36. The number of carbonyl (C=O) groups is 1. The first-order chi connectivity index (χ1) is 7.46. The molecule has 5 nitrogen and oxygen atoms in total. The number of carbonyl (C=O) groups excluding carboxylic acids is 1. The number of fused-ring (bicyclic) bond motifs is 1. The Bertz CT molecular complexity index is 261. The lowest BCUT2D eigenvalue weighted by molar-refractivity contribution is 0.0104. The minimum absolute atomic E-state index is 0.126. The van der Waals surface area contributed by atoms with Gasteiger partial charge in [-0.25, -0.2) is 4.79 Å². The van der Waals surface area contributed by atoms with E-state index in [2.05, 4.69) is 5.32 Å². The van der Waals surface area contributed by atoms with E-state index in [0.717, 1.165) is 13.2 Å². The van der Waals surface area contributed by atoms with Crippen LogP contribution in [0.15, 0.2) is 0 Å². The second-order valence-corrected chi connectivity index (χ2v) is 5.36. The van der Waals surface area contributed by atoms with E-state index in [1.165, 1.54) is 0 Å². The highest BCUT2D eigenvalue weighted by atomic mass is 16.6. The lowest BCUT2D eigenvalue weighted by Gasteiger charge is -2.25. The van der Waals surface area contributed by atoms with Gasteiger partial charge in [0.1, 0.15) is 5.60 Å². The Kier molecular flexibility index (Phi) is 3.08. The zero-order chi connectivity index (χ0) is 11.8. The van der Waals surface area contributed by atoms with Crippen LogP contribution >= 0.6 is 0 Å². The highest BCUT2D eigenvalue weighted by Gasteiger charge is 2.38. The van der Waals surface area contributed by atoms with Crippen molar-refractivity contribution in [2.75, 3.05) is 26.2 Å². The Morgan fingerprint density at radius 1 is 1.44 bits per heavy atom. The molecular weight excluding hydrogens is 208 g/mol. The summed E-state index contributed by atoms with van der Waals surface area (Å²) in [6, 6.07) is 0.265. The minimum atomic E-state index is -0.431. The normalized spacial score (nSPS) is 30.1. The SMILES string of the molecule is CC(C)(C)OC(=O)N1C[C@H]2NCCO[C@@H]2C1. The monoisotopic (exact) mass is 228 g/mol. The molecule has 2 saturated heterocycles. The molecule has 0 unspecified atom stereocenters. The third-order valence-corrected chi connectivity index (χ3v) is 2.76. The van der Waals surface area contributed by atoms with E-state index in [-0.39, 0.29) is 18.2 Å². The Hall–Kier alpha value is -0.810. The fourth-order valence-corrected chi connectivity index (χ4v) is 2.07. The van der Waals surface area contributed by atoms with Gasteiger partial charge >= 0.3 is 6.09 Å². The second kappa shape index (κ2) is 4.22. The standard InChI is InChI=1S/C11H20N2O3/c1-11(2,3)16-10(14)13-6-8-9(7-13)15-5-4-12-8/h8-9,12H,4-7H2,1-3H3/t8-,9-/m1/s1. The van der Waals surface area contributed by atoms with Gasteiger partial charge in [0.2, 0.25) is 0 Å². The highest BCUT2D eigenvalue weighted by Crippen LogP contribution is 2.19. The van der Waals surface area contributed by atoms with Crippen molar-refractivity contribution in [1.29, 1.82) is 0 Å². The van der Waals surface area contributed by atoms with Gasteiger partial charge in [0.25, 0.3) is 0 Å². The summed E-state index contributed by atoms with van der Waals surface area (Å²) in [6.07, 6.45) is -0.117. The number of nitrogens with one attached hydrogen (secondary N) is 1. The summed E-state index contributed by atoms with van der Waals surface area (Å²) < 4.78 is 10.9. The predicted octanol–water partition coefficient (Wildman–Crippen LogP) is 0.594. The van der Waals surface area contributed by atoms with Crippen molar-refractivity contribution < 1.29 is 14.3 Å². The molecule has 0 spiro atoms. The first kappa shape index (κ1) is 11.7. The molecular formula is C11H20N2O3. The molecule has 2 atom stereocenters. The summed E-state index contributed by atoms with van der Waals surface area (Å²) in [6.45, 7) is 8.53. The molecule has 2 aliphatic heterocycles. The molecule has 0 bridgehead atoms. The van der Waals surface area contributed by atoms with Gasteiger partial charge in [0.05, 0.1) is 25.3 Å². The average Bonchev–Trinajstić information content (AvgIpc) is 2.58. The Morgan fingerprint density at radius 2 is 2.19 bits per heavy atom. The Morgan fingerprint density at radius 3 is 2.81 bits per heavy atom. The molecule has 2 fully saturated rings. The van der Waals surface area contributed by atoms with E-state index in [4.69, 9.17) is 9.47 Å². The average molecular weight is 228 g/mol. The van der Waals surface area contributed by atoms with Crippen molar-refractivity contribution in [3.05, 3.63) is 0 Å². The number of likely N-dealkylation sites (tertiary alicyclic amines) is 1. The predicted molar refractivity (Wildman–Crippen MR) is 59.3 cm³/mol. The fraction of sp³-hybridized carbons (Fsp3) is 0.909. The van der Waals surface area contributed by atoms with Crippen LogP contribution in [0.5, 0.6) is 0 Å². The molecule has 0 aliphatic carbocycles. The maximum Gasteiger partial charge on any atom is 0.410 e. The summed E-state index contributed by atoms with van der Waals surface area (Å²) in [5, 5.41) is 3.35. The lowest BCUT2D eigenvalue weighted by atomic mass is 10.2. The summed E-state index contributed by atoms with van der Waals surface area (Å²) in [5.74, 6) is 0. The number of morpholine rings is 1. The third kappa shape index (κ3) is 2.65. The zero-order valence-corrected chi connectivity index (χ0v) is 10.2. The zero-order valence-electron chi connectivity index (χ0n) is 10.2. The number of nitrogens with zero attached hydrogens (tertiary/aromatic N) is 1. The van der Waals surface area contributed by atoms with Crippen LogP contribution in [-0.2, 0) is 9.47 Å². The van der Waals surface area contributed by atoms with Crippen molar-refractivity contribution in [3.8, 4) is 0 Å². The Balaban J connectivity index is 1.90. The van der Waals surface area contributed by atoms with E-state index in [9.17, 15) is 4.79 Å². The van der Waals surface area contributed by atoms with Gasteiger partial charge in [0, 0.05) is 13.1 Å². The number of amides is 1. The van der Waals surface area contributed by atoms with Gasteiger partial charge in [-0.1, -0.05) is 0 Å². The van der Waals surface area contributed by atoms with Crippen molar-refractivity contribution in [2.24, 2.45) is 0 Å². The summed E-state index contributed by atoms with van der Waals surface area (Å²) in [5.41, 5.74) is -0.431. The molecule has 2 aliphatic rings. The van der Waals surface area contributed by atoms with Crippen molar-refractivity contribution in [2.45, 2.75) is 38.5 Å². The molecule has 92 valence electrons. The van der Waals surface area contributed by atoms with Crippen LogP contribution in [0.25, 0.3) is 0 Å². The number of ether oxygens (including phenoxy) is 2. The van der Waals surface area contributed by atoms with E-state index in [0.29, 0.717) is 13.1 Å². The van der Waals surface area contributed by atoms with Crippen LogP contribution < -0.4 is 5.32 Å². The number of rotatable bonds is 0. The summed E-state index contributed by atoms with van der Waals surface area (Å²) >= 11 is 0. The number of hydrogen-bond acceptors (Lipinski definition) is 4. The third-order valence-electron chi connectivity index (χ3n) is 2.76. The minimum Gasteiger partial charge on any atom is -0.444 e. The van der Waals surface area contributed by atoms with Crippen LogP contribution in [0.1, 0.15) is 20.8 Å². The Labute approximate surface area is 96.1 Å². The topological polar surface area (TPSA) is 50.8 Å². The van der Waals surface area contributed by atoms with E-state index < -0.39 is 5.60 Å². The van der Waals surface area contributed by atoms with Crippen LogP contribution in [0, 0.1) is 0 Å².